The zero-order chi connectivity index (χ0) is 18.2. The van der Waals surface area contributed by atoms with Crippen molar-refractivity contribution in [1.29, 1.82) is 0 Å². The van der Waals surface area contributed by atoms with Gasteiger partial charge in [-0.25, -0.2) is 0 Å². The Morgan fingerprint density at radius 3 is 2.73 bits per heavy atom. The van der Waals surface area contributed by atoms with E-state index in [9.17, 15) is 0 Å². The van der Waals surface area contributed by atoms with Gasteiger partial charge in [-0.2, -0.15) is 0 Å². The number of ether oxygens (including phenoxy) is 2. The molecule has 1 aromatic rings. The van der Waals surface area contributed by atoms with E-state index in [4.69, 9.17) is 9.47 Å². The topological polar surface area (TPSA) is 28.2 Å². The standard InChI is InChI=1S/C21H35N3O2/c1-22(2)11-16-26-21-9-4-3-7-19(21)17-24-10-6-5-8-20(24)18-23-12-14-25-15-13-23/h3-4,7,9,20H,5-6,8,10-18H2,1-2H3/t20-/m0/s1. The van der Waals surface area contributed by atoms with Gasteiger partial charge in [-0.15, -0.1) is 0 Å². The minimum atomic E-state index is 0.650. The third kappa shape index (κ3) is 5.95. The van der Waals surface area contributed by atoms with Gasteiger partial charge in [0, 0.05) is 44.3 Å². The summed E-state index contributed by atoms with van der Waals surface area (Å²) in [6, 6.07) is 9.21. The number of rotatable bonds is 8. The Labute approximate surface area is 158 Å². The second-order valence-corrected chi connectivity index (χ2v) is 7.79. The monoisotopic (exact) mass is 361 g/mol. The van der Waals surface area contributed by atoms with Crippen LogP contribution in [0.1, 0.15) is 24.8 Å². The number of para-hydroxylation sites is 1. The highest BCUT2D eigenvalue weighted by molar-refractivity contribution is 5.33. The molecular weight excluding hydrogens is 326 g/mol. The molecule has 1 atom stereocenters. The zero-order valence-electron chi connectivity index (χ0n) is 16.5. The van der Waals surface area contributed by atoms with Crippen LogP contribution in [0.2, 0.25) is 0 Å². The summed E-state index contributed by atoms with van der Waals surface area (Å²) in [4.78, 5) is 7.41. The van der Waals surface area contributed by atoms with Gasteiger partial charge in [-0.1, -0.05) is 24.6 Å². The largest absolute Gasteiger partial charge is 0.492 e. The van der Waals surface area contributed by atoms with Crippen LogP contribution in [0.25, 0.3) is 0 Å². The lowest BCUT2D eigenvalue weighted by atomic mass is 10.00. The predicted octanol–water partition coefficient (Wildman–Crippen LogP) is 2.31. The van der Waals surface area contributed by atoms with Crippen LogP contribution in [0.5, 0.6) is 5.75 Å². The van der Waals surface area contributed by atoms with E-state index >= 15 is 0 Å². The van der Waals surface area contributed by atoms with E-state index in [0.29, 0.717) is 6.04 Å². The third-order valence-electron chi connectivity index (χ3n) is 5.46. The van der Waals surface area contributed by atoms with Crippen molar-refractivity contribution in [3.63, 3.8) is 0 Å². The normalized spacial score (nSPS) is 22.7. The first kappa shape index (κ1) is 19.6. The van der Waals surface area contributed by atoms with Crippen molar-refractivity contribution in [3.8, 4) is 5.75 Å². The molecule has 2 aliphatic heterocycles. The quantitative estimate of drug-likeness (QED) is 0.709. The molecule has 2 heterocycles. The molecule has 2 fully saturated rings. The minimum Gasteiger partial charge on any atom is -0.492 e. The summed E-state index contributed by atoms with van der Waals surface area (Å²) < 4.78 is 11.6. The Hall–Kier alpha value is -1.14. The summed E-state index contributed by atoms with van der Waals surface area (Å²) in [5, 5.41) is 0. The van der Waals surface area contributed by atoms with Crippen molar-refractivity contribution in [2.24, 2.45) is 0 Å². The first-order valence-electron chi connectivity index (χ1n) is 10.1. The molecule has 5 heteroatoms. The van der Waals surface area contributed by atoms with Gasteiger partial charge < -0.3 is 14.4 Å². The van der Waals surface area contributed by atoms with Gasteiger partial charge in [0.1, 0.15) is 12.4 Å². The van der Waals surface area contributed by atoms with Gasteiger partial charge >= 0.3 is 0 Å². The molecule has 0 saturated carbocycles. The van der Waals surface area contributed by atoms with Crippen LogP contribution in [0.3, 0.4) is 0 Å². The van der Waals surface area contributed by atoms with Gasteiger partial charge in [0.05, 0.1) is 13.2 Å². The molecule has 26 heavy (non-hydrogen) atoms. The third-order valence-corrected chi connectivity index (χ3v) is 5.46. The van der Waals surface area contributed by atoms with Crippen molar-refractivity contribution < 1.29 is 9.47 Å². The van der Waals surface area contributed by atoms with E-state index in [1.165, 1.54) is 37.9 Å². The zero-order valence-corrected chi connectivity index (χ0v) is 16.5. The van der Waals surface area contributed by atoms with Crippen LogP contribution in [0, 0.1) is 0 Å². The molecule has 0 amide bonds. The Kier molecular flexibility index (Phi) is 7.74. The van der Waals surface area contributed by atoms with Crippen molar-refractivity contribution in [3.05, 3.63) is 29.8 Å². The smallest absolute Gasteiger partial charge is 0.123 e. The van der Waals surface area contributed by atoms with E-state index in [-0.39, 0.29) is 0 Å². The first-order chi connectivity index (χ1) is 12.7. The molecule has 0 N–H and O–H groups in total. The summed E-state index contributed by atoms with van der Waals surface area (Å²) in [6.45, 7) is 8.97. The summed E-state index contributed by atoms with van der Waals surface area (Å²) >= 11 is 0. The van der Waals surface area contributed by atoms with Gasteiger partial charge in [0.2, 0.25) is 0 Å². The van der Waals surface area contributed by atoms with E-state index in [1.54, 1.807) is 0 Å². The van der Waals surface area contributed by atoms with Gasteiger partial charge in [-0.3, -0.25) is 9.80 Å². The second kappa shape index (κ2) is 10.3. The SMILES string of the molecule is CN(C)CCOc1ccccc1CN1CCCC[C@H]1CN1CCOCC1. The maximum atomic E-state index is 6.08. The summed E-state index contributed by atoms with van der Waals surface area (Å²) in [5.41, 5.74) is 1.32. The average Bonchev–Trinajstić information content (AvgIpc) is 2.65. The van der Waals surface area contributed by atoms with Crippen LogP contribution in [-0.2, 0) is 11.3 Å². The molecule has 3 rings (SSSR count). The van der Waals surface area contributed by atoms with Crippen molar-refractivity contribution in [2.75, 3.05) is 66.6 Å². The lowest BCUT2D eigenvalue weighted by molar-refractivity contribution is 0.0152. The van der Waals surface area contributed by atoms with E-state index in [2.05, 4.69) is 53.1 Å². The molecule has 0 unspecified atom stereocenters. The molecule has 5 nitrogen and oxygen atoms in total. The van der Waals surface area contributed by atoms with E-state index in [1.807, 2.05) is 0 Å². The second-order valence-electron chi connectivity index (χ2n) is 7.79. The van der Waals surface area contributed by atoms with Crippen molar-refractivity contribution in [1.82, 2.24) is 14.7 Å². The fourth-order valence-electron chi connectivity index (χ4n) is 3.89. The number of morpholine rings is 1. The molecule has 0 spiro atoms. The highest BCUT2D eigenvalue weighted by atomic mass is 16.5. The van der Waals surface area contributed by atoms with Crippen LogP contribution >= 0.6 is 0 Å². The molecule has 2 aliphatic rings. The lowest BCUT2D eigenvalue weighted by Crippen LogP contribution is -2.49. The Morgan fingerprint density at radius 2 is 1.92 bits per heavy atom. The number of likely N-dealkylation sites (N-methyl/N-ethyl adjacent to an activating group) is 1. The maximum absolute atomic E-state index is 6.08. The maximum Gasteiger partial charge on any atom is 0.123 e. The number of nitrogens with zero attached hydrogens (tertiary/aromatic N) is 3. The van der Waals surface area contributed by atoms with Crippen LogP contribution in [-0.4, -0.2) is 87.4 Å². The number of hydrogen-bond acceptors (Lipinski definition) is 5. The number of likely N-dealkylation sites (tertiary alicyclic amines) is 1. The van der Waals surface area contributed by atoms with E-state index < -0.39 is 0 Å². The molecule has 146 valence electrons. The molecular formula is C21H35N3O2. The van der Waals surface area contributed by atoms with Crippen LogP contribution in [0.4, 0.5) is 0 Å². The minimum absolute atomic E-state index is 0.650. The number of piperidine rings is 1. The summed E-state index contributed by atoms with van der Waals surface area (Å²) in [5.74, 6) is 1.05. The summed E-state index contributed by atoms with van der Waals surface area (Å²) in [6.07, 6.45) is 3.97. The molecule has 0 aromatic heterocycles. The molecule has 2 saturated heterocycles. The van der Waals surface area contributed by atoms with E-state index in [0.717, 1.165) is 51.7 Å². The number of benzene rings is 1. The van der Waals surface area contributed by atoms with Crippen molar-refractivity contribution >= 4 is 0 Å². The predicted molar refractivity (Wildman–Crippen MR) is 106 cm³/mol. The highest BCUT2D eigenvalue weighted by Gasteiger charge is 2.26. The van der Waals surface area contributed by atoms with Crippen LogP contribution < -0.4 is 4.74 Å². The van der Waals surface area contributed by atoms with Crippen molar-refractivity contribution in [2.45, 2.75) is 31.8 Å². The molecule has 1 aromatic carbocycles. The first-order valence-corrected chi connectivity index (χ1v) is 10.1. The summed E-state index contributed by atoms with van der Waals surface area (Å²) in [7, 11) is 4.17. The van der Waals surface area contributed by atoms with Gasteiger partial charge in [-0.05, 0) is 39.5 Å². The number of hydrogen-bond donors (Lipinski definition) is 0. The molecule has 0 radical (unpaired) electrons. The fourth-order valence-corrected chi connectivity index (χ4v) is 3.89. The van der Waals surface area contributed by atoms with Gasteiger partial charge in [0.15, 0.2) is 0 Å². The molecule has 0 aliphatic carbocycles. The fraction of sp³-hybridized carbons (Fsp3) is 0.714. The Morgan fingerprint density at radius 1 is 1.12 bits per heavy atom. The molecule has 0 bridgehead atoms. The van der Waals surface area contributed by atoms with Crippen LogP contribution in [0.15, 0.2) is 24.3 Å². The Balaban J connectivity index is 1.60. The van der Waals surface area contributed by atoms with Gasteiger partial charge in [0.25, 0.3) is 0 Å². The lowest BCUT2D eigenvalue weighted by Gasteiger charge is -2.39. The highest BCUT2D eigenvalue weighted by Crippen LogP contribution is 2.25. The average molecular weight is 362 g/mol. The Bertz CT molecular complexity index is 532.